The van der Waals surface area contributed by atoms with E-state index in [0.29, 0.717) is 51.0 Å². The third kappa shape index (κ3) is 2.94. The molecule has 0 fully saturated rings. The van der Waals surface area contributed by atoms with Gasteiger partial charge in [0, 0.05) is 39.9 Å². The highest BCUT2D eigenvalue weighted by Gasteiger charge is 2.21. The third-order valence-electron chi connectivity index (χ3n) is 4.50. The second-order valence-electron chi connectivity index (χ2n) is 6.36. The first-order chi connectivity index (χ1) is 13.3. The third-order valence-corrected chi connectivity index (χ3v) is 5.41. The summed E-state index contributed by atoms with van der Waals surface area (Å²) < 4.78 is 29.6. The van der Waals surface area contributed by atoms with Crippen molar-refractivity contribution in [3.05, 3.63) is 65.5 Å². The lowest BCUT2D eigenvalue weighted by Gasteiger charge is -2.17. The monoisotopic (exact) mass is 393 g/mol. The van der Waals surface area contributed by atoms with Crippen molar-refractivity contribution in [2.75, 3.05) is 5.73 Å². The van der Waals surface area contributed by atoms with E-state index in [-0.39, 0.29) is 10.3 Å². The molecule has 2 aliphatic rings. The lowest BCUT2D eigenvalue weighted by Crippen LogP contribution is -2.12. The molecule has 4 rings (SSSR count). The molecule has 0 saturated carbocycles. The van der Waals surface area contributed by atoms with Crippen LogP contribution in [0.25, 0.3) is 33.4 Å². The van der Waals surface area contributed by atoms with Crippen molar-refractivity contribution in [3.8, 4) is 22.5 Å². The van der Waals surface area contributed by atoms with Gasteiger partial charge >= 0.3 is 0 Å². The van der Waals surface area contributed by atoms with Gasteiger partial charge in [-0.3, -0.25) is 4.79 Å². The molecule has 7 nitrogen and oxygen atoms in total. The molecule has 2 aromatic carbocycles. The summed E-state index contributed by atoms with van der Waals surface area (Å²) in [4.78, 5) is 11.6. The maximum atomic E-state index is 11.9. The smallest absolute Gasteiger partial charge is 0.238 e. The van der Waals surface area contributed by atoms with Gasteiger partial charge in [0.05, 0.1) is 10.3 Å². The molecule has 0 bridgehead atoms. The number of nitrogens with two attached hydrogens (primary N) is 2. The number of sulfonamides is 1. The molecular formula is C20H15N3O4S. The summed E-state index contributed by atoms with van der Waals surface area (Å²) in [7, 11) is -3.97. The molecule has 0 amide bonds. The van der Waals surface area contributed by atoms with Crippen LogP contribution in [0.3, 0.4) is 0 Å². The van der Waals surface area contributed by atoms with Gasteiger partial charge in [-0.1, -0.05) is 0 Å². The number of anilines is 1. The Morgan fingerprint density at radius 3 is 2.46 bits per heavy atom. The van der Waals surface area contributed by atoms with Crippen LogP contribution < -0.4 is 16.2 Å². The van der Waals surface area contributed by atoms with E-state index < -0.39 is 10.0 Å². The minimum Gasteiger partial charge on any atom is -0.456 e. The topological polar surface area (TPSA) is 140 Å². The molecule has 5 N–H and O–H groups in total. The zero-order valence-electron chi connectivity index (χ0n) is 14.5. The van der Waals surface area contributed by atoms with Gasteiger partial charge in [-0.2, -0.15) is 0 Å². The van der Waals surface area contributed by atoms with Crippen molar-refractivity contribution in [1.82, 2.24) is 0 Å². The summed E-state index contributed by atoms with van der Waals surface area (Å²) in [5.74, 6) is 0.415. The van der Waals surface area contributed by atoms with Gasteiger partial charge in [-0.25, -0.2) is 13.6 Å². The van der Waals surface area contributed by atoms with Crippen molar-refractivity contribution in [2.24, 2.45) is 5.14 Å². The lowest BCUT2D eigenvalue weighted by molar-refractivity contribution is 0.112. The Bertz CT molecular complexity index is 1390. The predicted molar refractivity (Wildman–Crippen MR) is 105 cm³/mol. The van der Waals surface area contributed by atoms with E-state index in [4.69, 9.17) is 20.7 Å². The first-order valence-electron chi connectivity index (χ1n) is 8.21. The van der Waals surface area contributed by atoms with E-state index in [1.54, 1.807) is 36.4 Å². The van der Waals surface area contributed by atoms with Crippen molar-refractivity contribution in [2.45, 2.75) is 4.90 Å². The van der Waals surface area contributed by atoms with Gasteiger partial charge in [0.2, 0.25) is 10.0 Å². The van der Waals surface area contributed by atoms with Crippen LogP contribution >= 0.6 is 0 Å². The van der Waals surface area contributed by atoms with Gasteiger partial charge in [-0.05, 0) is 48.0 Å². The fraction of sp³-hybridized carbons (Fsp3) is 0. The number of fused-ring (bicyclic) bond motifs is 2. The van der Waals surface area contributed by atoms with Crippen LogP contribution in [0.1, 0.15) is 10.4 Å². The summed E-state index contributed by atoms with van der Waals surface area (Å²) in [6, 6.07) is 14.0. The molecule has 0 aromatic heterocycles. The first kappa shape index (κ1) is 17.9. The molecule has 8 heteroatoms. The number of rotatable bonds is 3. The number of benzene rings is 3. The molecule has 140 valence electrons. The second-order valence-corrected chi connectivity index (χ2v) is 7.92. The second kappa shape index (κ2) is 6.29. The van der Waals surface area contributed by atoms with E-state index >= 15 is 0 Å². The van der Waals surface area contributed by atoms with Crippen LogP contribution in [-0.2, 0) is 10.0 Å². The maximum absolute atomic E-state index is 11.9. The number of nitrogen functional groups attached to an aromatic ring is 1. The summed E-state index contributed by atoms with van der Waals surface area (Å²) in [5.41, 5.74) is 8.73. The highest BCUT2D eigenvalue weighted by molar-refractivity contribution is 7.89. The molecule has 1 heterocycles. The average Bonchev–Trinajstić information content (AvgIpc) is 2.64. The van der Waals surface area contributed by atoms with Crippen LogP contribution in [-0.4, -0.2) is 14.7 Å². The Morgan fingerprint density at radius 2 is 1.75 bits per heavy atom. The molecule has 0 atom stereocenters. The van der Waals surface area contributed by atoms with E-state index in [0.717, 1.165) is 0 Å². The first-order valence-corrected chi connectivity index (χ1v) is 9.75. The highest BCUT2D eigenvalue weighted by atomic mass is 32.2. The van der Waals surface area contributed by atoms with E-state index in [1.807, 2.05) is 0 Å². The largest absolute Gasteiger partial charge is 0.456 e. The molecule has 28 heavy (non-hydrogen) atoms. The van der Waals surface area contributed by atoms with E-state index in [1.165, 1.54) is 18.2 Å². The summed E-state index contributed by atoms with van der Waals surface area (Å²) in [6.07, 6.45) is 0.653. The van der Waals surface area contributed by atoms with Crippen LogP contribution in [0.2, 0.25) is 0 Å². The Hall–Kier alpha value is -3.49. The molecule has 1 aliphatic carbocycles. The summed E-state index contributed by atoms with van der Waals surface area (Å²) >= 11 is 0. The van der Waals surface area contributed by atoms with Crippen molar-refractivity contribution in [1.29, 1.82) is 5.41 Å². The molecule has 1 aliphatic heterocycles. The van der Waals surface area contributed by atoms with Gasteiger partial charge < -0.3 is 15.6 Å². The molecule has 0 unspecified atom stereocenters. The number of hydrogen-bond donors (Lipinski definition) is 3. The number of carbonyl (C=O) groups is 1. The van der Waals surface area contributed by atoms with E-state index in [9.17, 15) is 13.2 Å². The highest BCUT2D eigenvalue weighted by Crippen LogP contribution is 2.41. The summed E-state index contributed by atoms with van der Waals surface area (Å²) in [5, 5.41) is 14.0. The van der Waals surface area contributed by atoms with Crippen LogP contribution in [0.5, 0.6) is 0 Å². The minimum atomic E-state index is -3.97. The van der Waals surface area contributed by atoms with Crippen LogP contribution in [0, 0.1) is 5.41 Å². The Kier molecular flexibility index (Phi) is 4.02. The number of nitrogens with one attached hydrogen (secondary N) is 1. The lowest BCUT2D eigenvalue weighted by atomic mass is 9.91. The molecule has 0 radical (unpaired) electrons. The van der Waals surface area contributed by atoms with Crippen LogP contribution in [0.4, 0.5) is 5.69 Å². The minimum absolute atomic E-state index is 0.109. The standard InChI is InChI=1S/C20H15N3O4S/c21-12-2-5-15-18(7-12)27-19-8-13(22)3-6-16(19)20(15)17-9-14(28(23,25)26)4-1-11(17)10-24/h1-10,21H,22H2,(H2,23,25,26). The Balaban J connectivity index is 2.22. The van der Waals surface area contributed by atoms with Gasteiger partial charge in [0.1, 0.15) is 11.3 Å². The average molecular weight is 393 g/mol. The molecular weight excluding hydrogens is 378 g/mol. The van der Waals surface area contributed by atoms with Gasteiger partial charge in [0.25, 0.3) is 0 Å². The van der Waals surface area contributed by atoms with Gasteiger partial charge in [0.15, 0.2) is 6.29 Å². The Morgan fingerprint density at radius 1 is 0.964 bits per heavy atom. The predicted octanol–water partition coefficient (Wildman–Crippen LogP) is 2.73. The zero-order chi connectivity index (χ0) is 20.1. The quantitative estimate of drug-likeness (QED) is 0.279. The molecule has 0 saturated heterocycles. The summed E-state index contributed by atoms with van der Waals surface area (Å²) in [6.45, 7) is 0. The van der Waals surface area contributed by atoms with Gasteiger partial charge in [-0.15, -0.1) is 0 Å². The fourth-order valence-corrected chi connectivity index (χ4v) is 3.77. The fourth-order valence-electron chi connectivity index (χ4n) is 3.23. The SMILES string of the molecule is N=c1ccc2c(-c3cc(S(N)(=O)=O)ccc3C=O)c3ccc(N)cc3oc-2c1. The Labute approximate surface area is 160 Å². The molecule has 2 aromatic rings. The number of aldehydes is 1. The number of primary sulfonamides is 1. The maximum Gasteiger partial charge on any atom is 0.238 e. The zero-order valence-corrected chi connectivity index (χ0v) is 15.3. The number of carbonyl (C=O) groups excluding carboxylic acids is 1. The van der Waals surface area contributed by atoms with Crippen molar-refractivity contribution in [3.63, 3.8) is 0 Å². The van der Waals surface area contributed by atoms with Crippen LogP contribution in [0.15, 0.2) is 63.9 Å². The number of hydrogen-bond acceptors (Lipinski definition) is 6. The van der Waals surface area contributed by atoms with Crippen molar-refractivity contribution >= 4 is 33.0 Å². The molecule has 0 spiro atoms. The normalized spacial score (nSPS) is 11.8. The van der Waals surface area contributed by atoms with Crippen molar-refractivity contribution < 1.29 is 17.6 Å². The van der Waals surface area contributed by atoms with E-state index in [2.05, 4.69) is 0 Å².